The summed E-state index contributed by atoms with van der Waals surface area (Å²) in [6.07, 6.45) is 0.856. The second-order valence-corrected chi connectivity index (χ2v) is 6.80. The van der Waals surface area contributed by atoms with E-state index in [1.54, 1.807) is 49.8 Å². The van der Waals surface area contributed by atoms with Crippen LogP contribution in [0.1, 0.15) is 23.2 Å². The molecule has 0 radical (unpaired) electrons. The van der Waals surface area contributed by atoms with Crippen molar-refractivity contribution >= 4 is 34.7 Å². The summed E-state index contributed by atoms with van der Waals surface area (Å²) in [5.41, 5.74) is 1.28. The molecule has 0 aliphatic heterocycles. The molecule has 0 bridgehead atoms. The molecule has 0 aliphatic rings. The summed E-state index contributed by atoms with van der Waals surface area (Å²) < 4.78 is 5.38. The lowest BCUT2D eigenvalue weighted by atomic mass is 10.2. The summed E-state index contributed by atoms with van der Waals surface area (Å²) in [5, 5.41) is 9.20. The second kappa shape index (κ2) is 10.3. The van der Waals surface area contributed by atoms with Crippen molar-refractivity contribution in [2.75, 3.05) is 32.6 Å². The van der Waals surface area contributed by atoms with Gasteiger partial charge in [-0.05, 0) is 42.1 Å². The van der Waals surface area contributed by atoms with Crippen LogP contribution in [0.5, 0.6) is 5.75 Å². The van der Waals surface area contributed by atoms with E-state index in [9.17, 15) is 14.4 Å². The molecule has 7 nitrogen and oxygen atoms in total. The summed E-state index contributed by atoms with van der Waals surface area (Å²) >= 11 is 1.47. The molecule has 0 saturated heterocycles. The summed E-state index contributed by atoms with van der Waals surface area (Å²) in [6, 6.07) is 8.58. The van der Waals surface area contributed by atoms with Crippen molar-refractivity contribution in [2.24, 2.45) is 0 Å². The lowest BCUT2D eigenvalue weighted by Gasteiger charge is -2.11. The van der Waals surface area contributed by atoms with Gasteiger partial charge in [0.25, 0.3) is 11.8 Å². The fourth-order valence-electron chi connectivity index (χ4n) is 2.08. The molecule has 2 N–H and O–H groups in total. The van der Waals surface area contributed by atoms with Gasteiger partial charge in [-0.25, -0.2) is 0 Å². The predicted octanol–water partition coefficient (Wildman–Crippen LogP) is 2.36. The van der Waals surface area contributed by atoms with E-state index in [0.717, 1.165) is 0 Å². The third kappa shape index (κ3) is 7.10. The third-order valence-electron chi connectivity index (χ3n) is 3.65. The molecule has 2 rings (SSSR count). The van der Waals surface area contributed by atoms with Crippen molar-refractivity contribution < 1.29 is 19.1 Å². The zero-order valence-corrected chi connectivity index (χ0v) is 16.2. The molecule has 1 aromatic carbocycles. The van der Waals surface area contributed by atoms with Crippen molar-refractivity contribution in [1.29, 1.82) is 0 Å². The van der Waals surface area contributed by atoms with Gasteiger partial charge in [-0.15, -0.1) is 0 Å². The maximum absolute atomic E-state index is 12.0. The fourth-order valence-corrected chi connectivity index (χ4v) is 2.71. The first-order valence-corrected chi connectivity index (χ1v) is 9.43. The topological polar surface area (TPSA) is 87.7 Å². The molecular weight excluding hydrogens is 366 g/mol. The van der Waals surface area contributed by atoms with E-state index in [1.807, 2.05) is 5.38 Å². The van der Waals surface area contributed by atoms with E-state index in [1.165, 1.54) is 16.2 Å². The molecule has 1 aromatic heterocycles. The van der Waals surface area contributed by atoms with Crippen molar-refractivity contribution in [2.45, 2.75) is 12.8 Å². The predicted molar refractivity (Wildman–Crippen MR) is 105 cm³/mol. The van der Waals surface area contributed by atoms with Gasteiger partial charge in [0.1, 0.15) is 5.75 Å². The average Bonchev–Trinajstić information content (AvgIpc) is 3.19. The number of nitrogens with zero attached hydrogens (tertiary/aromatic N) is 1. The summed E-state index contributed by atoms with van der Waals surface area (Å²) in [5.74, 6) is 0.175. The van der Waals surface area contributed by atoms with E-state index < -0.39 is 0 Å². The molecule has 3 amide bonds. The Bertz CT molecular complexity index is 758. The summed E-state index contributed by atoms with van der Waals surface area (Å²) in [6.45, 7) is 0.407. The highest BCUT2D eigenvalue weighted by molar-refractivity contribution is 7.08. The summed E-state index contributed by atoms with van der Waals surface area (Å²) in [7, 11) is 3.33. The Labute approximate surface area is 162 Å². The first-order chi connectivity index (χ1) is 13.0. The largest absolute Gasteiger partial charge is 0.484 e. The van der Waals surface area contributed by atoms with Gasteiger partial charge in [0, 0.05) is 43.7 Å². The number of ether oxygens (including phenoxy) is 1. The SMILES string of the molecule is CN(C)C(=O)COc1ccc(NC(=O)CCCNC(=O)c2ccsc2)cc1. The minimum absolute atomic E-state index is 0.0319. The van der Waals surface area contributed by atoms with Crippen molar-refractivity contribution in [1.82, 2.24) is 10.2 Å². The molecule has 1 heterocycles. The second-order valence-electron chi connectivity index (χ2n) is 6.02. The van der Waals surface area contributed by atoms with Gasteiger partial charge in [0.15, 0.2) is 6.61 Å². The zero-order valence-electron chi connectivity index (χ0n) is 15.4. The van der Waals surface area contributed by atoms with Crippen LogP contribution >= 0.6 is 11.3 Å². The Morgan fingerprint density at radius 1 is 1.11 bits per heavy atom. The van der Waals surface area contributed by atoms with E-state index in [4.69, 9.17) is 4.74 Å². The first kappa shape index (κ1) is 20.4. The molecule has 2 aromatic rings. The molecule has 0 atom stereocenters. The molecule has 0 spiro atoms. The van der Waals surface area contributed by atoms with Gasteiger partial charge >= 0.3 is 0 Å². The average molecular weight is 389 g/mol. The highest BCUT2D eigenvalue weighted by atomic mass is 32.1. The highest BCUT2D eigenvalue weighted by Gasteiger charge is 2.07. The van der Waals surface area contributed by atoms with Crippen molar-refractivity contribution in [3.05, 3.63) is 46.7 Å². The van der Waals surface area contributed by atoms with Gasteiger partial charge < -0.3 is 20.3 Å². The van der Waals surface area contributed by atoms with Crippen LogP contribution in [-0.2, 0) is 9.59 Å². The van der Waals surface area contributed by atoms with Crippen LogP contribution in [0.4, 0.5) is 5.69 Å². The van der Waals surface area contributed by atoms with Crippen LogP contribution < -0.4 is 15.4 Å². The quantitative estimate of drug-likeness (QED) is 0.645. The lowest BCUT2D eigenvalue weighted by Crippen LogP contribution is -2.27. The van der Waals surface area contributed by atoms with Gasteiger partial charge in [0.2, 0.25) is 5.91 Å². The van der Waals surface area contributed by atoms with Crippen molar-refractivity contribution in [3.8, 4) is 5.75 Å². The van der Waals surface area contributed by atoms with Crippen LogP contribution in [0.25, 0.3) is 0 Å². The third-order valence-corrected chi connectivity index (χ3v) is 4.33. The number of benzene rings is 1. The molecule has 27 heavy (non-hydrogen) atoms. The fraction of sp³-hybridized carbons (Fsp3) is 0.316. The number of amides is 3. The van der Waals surface area contributed by atoms with Gasteiger partial charge in [-0.1, -0.05) is 0 Å². The number of hydrogen-bond donors (Lipinski definition) is 2. The number of carbonyl (C=O) groups is 3. The number of thiophene rings is 1. The van der Waals surface area contributed by atoms with Crippen LogP contribution in [-0.4, -0.2) is 49.9 Å². The van der Waals surface area contributed by atoms with Crippen LogP contribution in [0.3, 0.4) is 0 Å². The van der Waals surface area contributed by atoms with E-state index >= 15 is 0 Å². The molecule has 8 heteroatoms. The van der Waals surface area contributed by atoms with Gasteiger partial charge in [0.05, 0.1) is 0 Å². The number of likely N-dealkylation sites (N-methyl/N-ethyl adjacent to an activating group) is 1. The van der Waals surface area contributed by atoms with E-state index in [0.29, 0.717) is 36.4 Å². The molecule has 0 aliphatic carbocycles. The monoisotopic (exact) mass is 389 g/mol. The number of carbonyl (C=O) groups excluding carboxylic acids is 3. The smallest absolute Gasteiger partial charge is 0.259 e. The minimum atomic E-state index is -0.128. The minimum Gasteiger partial charge on any atom is -0.484 e. The van der Waals surface area contributed by atoms with Crippen LogP contribution in [0.2, 0.25) is 0 Å². The summed E-state index contributed by atoms with van der Waals surface area (Å²) in [4.78, 5) is 36.7. The van der Waals surface area contributed by atoms with Crippen LogP contribution in [0, 0.1) is 0 Å². The number of rotatable bonds is 9. The van der Waals surface area contributed by atoms with E-state index in [2.05, 4.69) is 10.6 Å². The lowest BCUT2D eigenvalue weighted by molar-refractivity contribution is -0.130. The first-order valence-electron chi connectivity index (χ1n) is 8.49. The Morgan fingerprint density at radius 3 is 2.48 bits per heavy atom. The number of nitrogens with one attached hydrogen (secondary N) is 2. The van der Waals surface area contributed by atoms with Gasteiger partial charge in [-0.2, -0.15) is 11.3 Å². The molecular formula is C19H23N3O4S. The Kier molecular flexibility index (Phi) is 7.81. The number of hydrogen-bond acceptors (Lipinski definition) is 5. The highest BCUT2D eigenvalue weighted by Crippen LogP contribution is 2.16. The van der Waals surface area contributed by atoms with E-state index in [-0.39, 0.29) is 24.3 Å². The maximum Gasteiger partial charge on any atom is 0.259 e. The normalized spacial score (nSPS) is 10.1. The molecule has 0 fully saturated rings. The Balaban J connectivity index is 1.66. The molecule has 144 valence electrons. The Morgan fingerprint density at radius 2 is 1.85 bits per heavy atom. The van der Waals surface area contributed by atoms with Crippen LogP contribution in [0.15, 0.2) is 41.1 Å². The van der Waals surface area contributed by atoms with Gasteiger partial charge in [-0.3, -0.25) is 14.4 Å². The molecule has 0 saturated carbocycles. The number of anilines is 1. The molecule has 0 unspecified atom stereocenters. The Hall–Kier alpha value is -2.87. The van der Waals surface area contributed by atoms with Crippen molar-refractivity contribution in [3.63, 3.8) is 0 Å². The zero-order chi connectivity index (χ0) is 19.6. The standard InChI is InChI=1S/C19H23N3O4S/c1-22(2)18(24)12-26-16-7-5-15(6-8-16)21-17(23)4-3-10-20-19(25)14-9-11-27-13-14/h5-9,11,13H,3-4,10,12H2,1-2H3,(H,20,25)(H,21,23). The maximum atomic E-state index is 12.0.